The number of rotatable bonds is 6. The van der Waals surface area contributed by atoms with Crippen molar-refractivity contribution in [1.82, 2.24) is 4.57 Å². The fraction of sp³-hybridized carbons (Fsp3) is 0.115. The molecule has 3 N–H and O–H groups in total. The second-order valence-electron chi connectivity index (χ2n) is 7.68. The summed E-state index contributed by atoms with van der Waals surface area (Å²) in [5, 5.41) is 9.44. The average Bonchev–Trinajstić information content (AvgIpc) is 3.06. The van der Waals surface area contributed by atoms with E-state index in [-0.39, 0.29) is 18.0 Å². The number of aromatic nitrogens is 1. The van der Waals surface area contributed by atoms with Gasteiger partial charge in [-0.15, -0.1) is 0 Å². The van der Waals surface area contributed by atoms with Gasteiger partial charge in [0.1, 0.15) is 24.0 Å². The van der Waals surface area contributed by atoms with Gasteiger partial charge in [0, 0.05) is 22.6 Å². The average molecular weight is 448 g/mol. The molecule has 1 aliphatic carbocycles. The molecule has 0 bridgehead atoms. The van der Waals surface area contributed by atoms with Crippen LogP contribution in [0.25, 0.3) is 11.3 Å². The maximum absolute atomic E-state index is 14.5. The van der Waals surface area contributed by atoms with Gasteiger partial charge in [-0.1, -0.05) is 12.1 Å². The number of carbonyl (C=O) groups is 1. The fourth-order valence-corrected chi connectivity index (χ4v) is 3.71. The van der Waals surface area contributed by atoms with Gasteiger partial charge in [0.25, 0.3) is 0 Å². The maximum Gasteiger partial charge on any atom is 0.335 e. The topological polar surface area (TPSA) is 77.5 Å². The van der Waals surface area contributed by atoms with Gasteiger partial charge in [0.2, 0.25) is 0 Å². The van der Waals surface area contributed by atoms with E-state index in [0.29, 0.717) is 34.8 Å². The highest BCUT2D eigenvalue weighted by atomic mass is 19.1. The number of allylic oxidation sites excluding steroid dienone is 5. The lowest BCUT2D eigenvalue weighted by Crippen LogP contribution is -2.07. The second kappa shape index (κ2) is 9.16. The van der Waals surface area contributed by atoms with E-state index < -0.39 is 11.8 Å². The highest BCUT2D eigenvalue weighted by Gasteiger charge is 2.20. The molecule has 168 valence electrons. The van der Waals surface area contributed by atoms with Gasteiger partial charge in [-0.2, -0.15) is 0 Å². The quantitative estimate of drug-likeness (QED) is 0.457. The minimum atomic E-state index is -1.10. The van der Waals surface area contributed by atoms with Crippen LogP contribution in [0.3, 0.4) is 0 Å². The van der Waals surface area contributed by atoms with Crippen LogP contribution in [0.4, 0.5) is 14.5 Å². The molecule has 0 saturated carbocycles. The van der Waals surface area contributed by atoms with Crippen molar-refractivity contribution in [2.45, 2.75) is 20.0 Å². The van der Waals surface area contributed by atoms with E-state index in [0.717, 1.165) is 11.3 Å². The summed E-state index contributed by atoms with van der Waals surface area (Å²) >= 11 is 0. The van der Waals surface area contributed by atoms with E-state index in [4.69, 9.17) is 10.5 Å². The molecule has 4 rings (SSSR count). The standard InChI is InChI=1S/C26H22F2N2O3/c1-16-5-10-24(30(16)22-12-18(26(31)32)11-21(29)14-22)23-13-20(28)3-2-4-25(23)33-15-17-6-8-19(27)9-7-17/h3-14H,2,15,29H2,1H3,(H,31,32). The lowest BCUT2D eigenvalue weighted by molar-refractivity contribution is 0.0697. The molecule has 0 amide bonds. The van der Waals surface area contributed by atoms with Crippen LogP contribution >= 0.6 is 0 Å². The molecule has 1 aliphatic rings. The van der Waals surface area contributed by atoms with E-state index in [1.165, 1.54) is 36.4 Å². The molecule has 1 aromatic heterocycles. The molecule has 5 nitrogen and oxygen atoms in total. The normalized spacial score (nSPS) is 13.6. The summed E-state index contributed by atoms with van der Waals surface area (Å²) in [6.07, 6.45) is 4.94. The van der Waals surface area contributed by atoms with Crippen molar-refractivity contribution in [3.8, 4) is 5.69 Å². The Morgan fingerprint density at radius 2 is 1.85 bits per heavy atom. The third-order valence-corrected chi connectivity index (χ3v) is 5.27. The first kappa shape index (κ1) is 22.1. The smallest absolute Gasteiger partial charge is 0.335 e. The minimum Gasteiger partial charge on any atom is -0.489 e. The summed E-state index contributed by atoms with van der Waals surface area (Å²) in [6, 6.07) is 14.2. The number of halogens is 2. The first-order chi connectivity index (χ1) is 15.8. The van der Waals surface area contributed by atoms with E-state index in [1.807, 2.05) is 23.6 Å². The molecule has 33 heavy (non-hydrogen) atoms. The first-order valence-corrected chi connectivity index (χ1v) is 10.3. The van der Waals surface area contributed by atoms with Gasteiger partial charge in [-0.05, 0) is 79.6 Å². The summed E-state index contributed by atoms with van der Waals surface area (Å²) < 4.78 is 35.5. The van der Waals surface area contributed by atoms with Crippen molar-refractivity contribution in [2.75, 3.05) is 5.73 Å². The first-order valence-electron chi connectivity index (χ1n) is 10.3. The van der Waals surface area contributed by atoms with E-state index in [9.17, 15) is 18.7 Å². The van der Waals surface area contributed by atoms with Gasteiger partial charge >= 0.3 is 5.97 Å². The van der Waals surface area contributed by atoms with Gasteiger partial charge in [0.15, 0.2) is 0 Å². The zero-order valence-electron chi connectivity index (χ0n) is 17.9. The third kappa shape index (κ3) is 4.87. The number of nitrogens with two attached hydrogens (primary N) is 1. The predicted molar refractivity (Wildman–Crippen MR) is 123 cm³/mol. The molecule has 0 aliphatic heterocycles. The highest BCUT2D eigenvalue weighted by molar-refractivity contribution is 5.90. The van der Waals surface area contributed by atoms with E-state index in [2.05, 4.69) is 0 Å². The summed E-state index contributed by atoms with van der Waals surface area (Å²) in [7, 11) is 0. The largest absolute Gasteiger partial charge is 0.489 e. The molecule has 3 aromatic rings. The monoisotopic (exact) mass is 448 g/mol. The molecular weight excluding hydrogens is 426 g/mol. The minimum absolute atomic E-state index is 0.0493. The Kier molecular flexibility index (Phi) is 6.13. The number of hydrogen-bond acceptors (Lipinski definition) is 3. The number of nitrogen functional groups attached to an aromatic ring is 1. The van der Waals surface area contributed by atoms with E-state index >= 15 is 0 Å². The maximum atomic E-state index is 14.5. The zero-order chi connectivity index (χ0) is 23.5. The van der Waals surface area contributed by atoms with Crippen molar-refractivity contribution in [1.29, 1.82) is 0 Å². The summed E-state index contributed by atoms with van der Waals surface area (Å²) in [6.45, 7) is 2.03. The molecular formula is C26H22F2N2O3. The summed E-state index contributed by atoms with van der Waals surface area (Å²) in [5.74, 6) is -1.38. The summed E-state index contributed by atoms with van der Waals surface area (Å²) in [4.78, 5) is 11.5. The third-order valence-electron chi connectivity index (χ3n) is 5.27. The zero-order valence-corrected chi connectivity index (χ0v) is 17.9. The number of carboxylic acid groups (broad SMARTS) is 1. The molecule has 0 unspecified atom stereocenters. The lowest BCUT2D eigenvalue weighted by atomic mass is 10.1. The van der Waals surface area contributed by atoms with Crippen molar-refractivity contribution in [2.24, 2.45) is 0 Å². The molecule has 0 fully saturated rings. The van der Waals surface area contributed by atoms with E-state index in [1.54, 1.807) is 24.3 Å². The number of aryl methyl sites for hydroxylation is 1. The second-order valence-corrected chi connectivity index (χ2v) is 7.68. The Hall–Kier alpha value is -4.13. The van der Waals surface area contributed by atoms with Gasteiger partial charge in [-0.3, -0.25) is 0 Å². The highest BCUT2D eigenvalue weighted by Crippen LogP contribution is 2.33. The SMILES string of the molecule is Cc1ccc(C2=CC(F)=CCC=C2OCc2ccc(F)cc2)n1-c1cc(N)cc(C(=O)O)c1. The van der Waals surface area contributed by atoms with Crippen LogP contribution in [-0.4, -0.2) is 15.6 Å². The van der Waals surface area contributed by atoms with Crippen LogP contribution in [-0.2, 0) is 11.3 Å². The molecule has 0 spiro atoms. The van der Waals surface area contributed by atoms with Crippen molar-refractivity contribution < 1.29 is 23.4 Å². The van der Waals surface area contributed by atoms with Crippen molar-refractivity contribution in [3.05, 3.63) is 113 Å². The molecule has 0 saturated heterocycles. The van der Waals surface area contributed by atoms with Gasteiger partial charge < -0.3 is 20.1 Å². The van der Waals surface area contributed by atoms with Gasteiger partial charge in [0.05, 0.1) is 11.3 Å². The van der Waals surface area contributed by atoms with Crippen LogP contribution in [0.5, 0.6) is 0 Å². The predicted octanol–water partition coefficient (Wildman–Crippen LogP) is 5.95. The van der Waals surface area contributed by atoms with Crippen LogP contribution in [0.1, 0.15) is 33.7 Å². The van der Waals surface area contributed by atoms with Gasteiger partial charge in [-0.25, -0.2) is 13.6 Å². The fourth-order valence-electron chi connectivity index (χ4n) is 3.71. The molecule has 0 radical (unpaired) electrons. The number of ether oxygens (including phenoxy) is 1. The Bertz CT molecular complexity index is 1300. The molecule has 7 heteroatoms. The molecule has 2 aromatic carbocycles. The molecule has 1 heterocycles. The van der Waals surface area contributed by atoms with Crippen molar-refractivity contribution >= 4 is 17.2 Å². The lowest BCUT2D eigenvalue weighted by Gasteiger charge is -2.18. The Balaban J connectivity index is 1.75. The van der Waals surface area contributed by atoms with Crippen LogP contribution in [0.15, 0.2) is 84.4 Å². The molecule has 0 atom stereocenters. The van der Waals surface area contributed by atoms with Crippen LogP contribution in [0.2, 0.25) is 0 Å². The Morgan fingerprint density at radius 3 is 2.58 bits per heavy atom. The van der Waals surface area contributed by atoms with Crippen LogP contribution in [0, 0.1) is 12.7 Å². The number of carboxylic acids is 1. The number of nitrogens with zero attached hydrogens (tertiary/aromatic N) is 1. The number of aromatic carboxylic acids is 1. The number of anilines is 1. The number of benzene rings is 2. The number of hydrogen-bond donors (Lipinski definition) is 2. The van der Waals surface area contributed by atoms with Crippen molar-refractivity contribution in [3.63, 3.8) is 0 Å². The Labute approximate surface area is 189 Å². The van der Waals surface area contributed by atoms with Crippen LogP contribution < -0.4 is 5.73 Å². The Morgan fingerprint density at radius 1 is 1.09 bits per heavy atom. The summed E-state index contributed by atoms with van der Waals surface area (Å²) in [5.41, 5.74) is 9.53.